The molecule has 0 aromatic heterocycles. The van der Waals surface area contributed by atoms with E-state index in [2.05, 4.69) is 43.6 Å². The highest BCUT2D eigenvalue weighted by molar-refractivity contribution is 9.09. The molecule has 0 aromatic carbocycles. The van der Waals surface area contributed by atoms with E-state index in [1.54, 1.807) is 0 Å². The van der Waals surface area contributed by atoms with Crippen molar-refractivity contribution in [2.75, 3.05) is 6.61 Å². The van der Waals surface area contributed by atoms with Crippen molar-refractivity contribution in [2.24, 2.45) is 11.8 Å². The summed E-state index contributed by atoms with van der Waals surface area (Å²) in [6, 6.07) is 0. The lowest BCUT2D eigenvalue weighted by molar-refractivity contribution is 0.0348. The van der Waals surface area contributed by atoms with Crippen LogP contribution in [0.4, 0.5) is 0 Å². The molecule has 0 spiro atoms. The minimum atomic E-state index is 0.103. The van der Waals surface area contributed by atoms with Crippen molar-refractivity contribution in [3.8, 4) is 0 Å². The average molecular weight is 235 g/mol. The van der Waals surface area contributed by atoms with Crippen LogP contribution in [0, 0.1) is 11.8 Å². The quantitative estimate of drug-likeness (QED) is 0.668. The summed E-state index contributed by atoms with van der Waals surface area (Å²) in [6.45, 7) is 9.77. The van der Waals surface area contributed by atoms with Gasteiger partial charge in [-0.2, -0.15) is 0 Å². The first-order valence-electron chi connectivity index (χ1n) is 4.70. The summed E-state index contributed by atoms with van der Waals surface area (Å²) in [7, 11) is 0. The minimum absolute atomic E-state index is 0.103. The molecule has 2 atom stereocenters. The maximum atomic E-state index is 5.69. The molecule has 0 bridgehead atoms. The fraction of sp³-hybridized carbons (Fsp3) is 1.00. The van der Waals surface area contributed by atoms with Crippen molar-refractivity contribution in [2.45, 2.75) is 44.5 Å². The van der Waals surface area contributed by atoms with E-state index in [-0.39, 0.29) is 5.60 Å². The highest BCUT2D eigenvalue weighted by Gasteiger charge is 2.36. The predicted molar refractivity (Wildman–Crippen MR) is 55.7 cm³/mol. The summed E-state index contributed by atoms with van der Waals surface area (Å²) < 4.78 is 5.69. The largest absolute Gasteiger partial charge is 0.375 e. The maximum Gasteiger partial charge on any atom is 0.0630 e. The molecule has 1 aliphatic rings. The molecule has 0 aliphatic carbocycles. The molecule has 1 aliphatic heterocycles. The fourth-order valence-corrected chi connectivity index (χ4v) is 2.17. The van der Waals surface area contributed by atoms with Crippen molar-refractivity contribution in [1.29, 1.82) is 0 Å². The molecule has 0 aromatic rings. The molecule has 0 N–H and O–H groups in total. The molecule has 1 saturated heterocycles. The lowest BCUT2D eigenvalue weighted by Crippen LogP contribution is -2.22. The smallest absolute Gasteiger partial charge is 0.0630 e. The molecular formula is C10H19BrO. The van der Waals surface area contributed by atoms with Crippen LogP contribution in [0.15, 0.2) is 0 Å². The van der Waals surface area contributed by atoms with Crippen LogP contribution in [0.5, 0.6) is 0 Å². The van der Waals surface area contributed by atoms with Crippen LogP contribution in [-0.2, 0) is 4.74 Å². The summed E-state index contributed by atoms with van der Waals surface area (Å²) in [5.41, 5.74) is 0.103. The molecule has 0 saturated carbocycles. The first-order chi connectivity index (χ1) is 5.42. The fourth-order valence-electron chi connectivity index (χ4n) is 1.83. The zero-order valence-electron chi connectivity index (χ0n) is 8.43. The van der Waals surface area contributed by atoms with E-state index in [9.17, 15) is 0 Å². The van der Waals surface area contributed by atoms with Gasteiger partial charge < -0.3 is 4.74 Å². The second-order valence-corrected chi connectivity index (χ2v) is 5.78. The molecular weight excluding hydrogens is 216 g/mol. The van der Waals surface area contributed by atoms with E-state index >= 15 is 0 Å². The summed E-state index contributed by atoms with van der Waals surface area (Å²) >= 11 is 3.74. The van der Waals surface area contributed by atoms with Gasteiger partial charge in [-0.3, -0.25) is 0 Å². The Bertz CT molecular complexity index is 154. The molecule has 1 rings (SSSR count). The molecule has 2 heteroatoms. The zero-order chi connectivity index (χ0) is 9.35. The van der Waals surface area contributed by atoms with Gasteiger partial charge in [-0.25, -0.2) is 0 Å². The van der Waals surface area contributed by atoms with Gasteiger partial charge in [0, 0.05) is 4.83 Å². The van der Waals surface area contributed by atoms with Crippen molar-refractivity contribution in [1.82, 2.24) is 0 Å². The molecule has 1 fully saturated rings. The molecule has 72 valence electrons. The van der Waals surface area contributed by atoms with Crippen LogP contribution in [0.1, 0.15) is 34.1 Å². The van der Waals surface area contributed by atoms with Crippen LogP contribution in [0.2, 0.25) is 0 Å². The van der Waals surface area contributed by atoms with Gasteiger partial charge in [0.05, 0.1) is 12.2 Å². The third-order valence-electron chi connectivity index (χ3n) is 2.53. The van der Waals surface area contributed by atoms with E-state index in [0.29, 0.717) is 16.7 Å². The summed E-state index contributed by atoms with van der Waals surface area (Å²) in [6.07, 6.45) is 1.18. The second-order valence-electron chi connectivity index (χ2n) is 4.72. The molecule has 12 heavy (non-hydrogen) atoms. The molecule has 0 amide bonds. The van der Waals surface area contributed by atoms with E-state index in [4.69, 9.17) is 4.74 Å². The number of hydrogen-bond donors (Lipinski definition) is 0. The Labute approximate surface area is 84.0 Å². The standard InChI is InChI=1S/C10H19BrO/c1-7(2)9(11)8-5-10(3,4)12-6-8/h7-9H,5-6H2,1-4H3. The average Bonchev–Trinajstić information content (AvgIpc) is 2.28. The van der Waals surface area contributed by atoms with Crippen LogP contribution in [0.3, 0.4) is 0 Å². The number of hydrogen-bond acceptors (Lipinski definition) is 1. The first kappa shape index (κ1) is 10.5. The zero-order valence-corrected chi connectivity index (χ0v) is 10.0. The summed E-state index contributed by atoms with van der Waals surface area (Å²) in [4.78, 5) is 0.610. The van der Waals surface area contributed by atoms with Gasteiger partial charge in [-0.15, -0.1) is 0 Å². The minimum Gasteiger partial charge on any atom is -0.375 e. The van der Waals surface area contributed by atoms with E-state index in [1.165, 1.54) is 6.42 Å². The monoisotopic (exact) mass is 234 g/mol. The topological polar surface area (TPSA) is 9.23 Å². The molecule has 1 heterocycles. The van der Waals surface area contributed by atoms with Crippen LogP contribution >= 0.6 is 15.9 Å². The van der Waals surface area contributed by atoms with Crippen LogP contribution in [-0.4, -0.2) is 17.0 Å². The third kappa shape index (κ3) is 2.46. The van der Waals surface area contributed by atoms with Crippen molar-refractivity contribution in [3.63, 3.8) is 0 Å². The Morgan fingerprint density at radius 3 is 2.33 bits per heavy atom. The Hall–Kier alpha value is 0.440. The lowest BCUT2D eigenvalue weighted by Gasteiger charge is -2.21. The van der Waals surface area contributed by atoms with Crippen molar-refractivity contribution in [3.05, 3.63) is 0 Å². The van der Waals surface area contributed by atoms with Crippen LogP contribution in [0.25, 0.3) is 0 Å². The Morgan fingerprint density at radius 2 is 2.00 bits per heavy atom. The number of halogens is 1. The normalized spacial score (nSPS) is 31.0. The van der Waals surface area contributed by atoms with Gasteiger partial charge in [0.1, 0.15) is 0 Å². The Kier molecular flexibility index (Phi) is 3.21. The third-order valence-corrected chi connectivity index (χ3v) is 4.33. The van der Waals surface area contributed by atoms with Crippen molar-refractivity contribution < 1.29 is 4.74 Å². The summed E-state index contributed by atoms with van der Waals surface area (Å²) in [5, 5.41) is 0. The highest BCUT2D eigenvalue weighted by atomic mass is 79.9. The Morgan fingerprint density at radius 1 is 1.42 bits per heavy atom. The van der Waals surface area contributed by atoms with E-state index in [0.717, 1.165) is 6.61 Å². The highest BCUT2D eigenvalue weighted by Crippen LogP contribution is 2.36. The maximum absolute atomic E-state index is 5.69. The van der Waals surface area contributed by atoms with Gasteiger partial charge >= 0.3 is 0 Å². The lowest BCUT2D eigenvalue weighted by atomic mass is 9.91. The molecule has 0 radical (unpaired) electrons. The van der Waals surface area contributed by atoms with Crippen molar-refractivity contribution >= 4 is 15.9 Å². The van der Waals surface area contributed by atoms with Gasteiger partial charge in [0.2, 0.25) is 0 Å². The van der Waals surface area contributed by atoms with Gasteiger partial charge in [-0.1, -0.05) is 29.8 Å². The van der Waals surface area contributed by atoms with E-state index in [1.807, 2.05) is 0 Å². The Balaban J connectivity index is 2.47. The van der Waals surface area contributed by atoms with Gasteiger partial charge in [-0.05, 0) is 32.1 Å². The predicted octanol–water partition coefficient (Wildman–Crippen LogP) is 3.22. The number of ether oxygens (including phenoxy) is 1. The van der Waals surface area contributed by atoms with Crippen LogP contribution < -0.4 is 0 Å². The first-order valence-corrected chi connectivity index (χ1v) is 5.62. The molecule has 1 nitrogen and oxygen atoms in total. The van der Waals surface area contributed by atoms with Gasteiger partial charge in [0.25, 0.3) is 0 Å². The summed E-state index contributed by atoms with van der Waals surface area (Å²) in [5.74, 6) is 1.40. The second kappa shape index (κ2) is 3.67. The molecule has 2 unspecified atom stereocenters. The van der Waals surface area contributed by atoms with Gasteiger partial charge in [0.15, 0.2) is 0 Å². The number of alkyl halides is 1. The number of rotatable bonds is 2. The van der Waals surface area contributed by atoms with E-state index < -0.39 is 0 Å². The SMILES string of the molecule is CC(C)C(Br)C1COC(C)(C)C1.